The molecule has 1 aromatic heterocycles. The highest BCUT2D eigenvalue weighted by Gasteiger charge is 2.24. The van der Waals surface area contributed by atoms with Gasteiger partial charge in [0.15, 0.2) is 0 Å². The van der Waals surface area contributed by atoms with Crippen LogP contribution in [0.2, 0.25) is 5.02 Å². The van der Waals surface area contributed by atoms with Gasteiger partial charge < -0.3 is 14.4 Å². The maximum absolute atomic E-state index is 6.11. The van der Waals surface area contributed by atoms with Crippen LogP contribution >= 0.6 is 22.9 Å². The Morgan fingerprint density at radius 2 is 1.93 bits per heavy atom. The third-order valence-electron chi connectivity index (χ3n) is 5.23. The number of hydrogen-bond acceptors (Lipinski definition) is 6. The first-order chi connectivity index (χ1) is 13.3. The van der Waals surface area contributed by atoms with Crippen molar-refractivity contribution in [2.75, 3.05) is 31.2 Å². The van der Waals surface area contributed by atoms with Crippen LogP contribution in [0.4, 0.5) is 5.13 Å². The lowest BCUT2D eigenvalue weighted by Gasteiger charge is -2.32. The van der Waals surface area contributed by atoms with Crippen molar-refractivity contribution >= 4 is 28.1 Å². The maximum atomic E-state index is 6.11. The first-order valence-corrected chi connectivity index (χ1v) is 11.0. The lowest BCUT2D eigenvalue weighted by atomic mass is 10.1. The molecule has 2 aliphatic rings. The average molecular weight is 408 g/mol. The van der Waals surface area contributed by atoms with Crippen LogP contribution in [-0.2, 0) is 15.9 Å². The van der Waals surface area contributed by atoms with E-state index in [1.165, 1.54) is 18.4 Å². The summed E-state index contributed by atoms with van der Waals surface area (Å²) in [6, 6.07) is 7.93. The molecule has 4 rings (SSSR count). The second-order valence-corrected chi connectivity index (χ2v) is 8.77. The molecule has 0 amide bonds. The minimum absolute atomic E-state index is 0.301. The number of piperidine rings is 1. The molecule has 1 aromatic carbocycles. The first-order valence-electron chi connectivity index (χ1n) is 9.81. The van der Waals surface area contributed by atoms with Gasteiger partial charge in [-0.2, -0.15) is 0 Å². The molecule has 2 aromatic rings. The number of rotatable bonds is 6. The monoisotopic (exact) mass is 407 g/mol. The minimum Gasteiger partial charge on any atom is -0.376 e. The summed E-state index contributed by atoms with van der Waals surface area (Å²) in [7, 11) is 0. The second kappa shape index (κ2) is 9.32. The van der Waals surface area contributed by atoms with Crippen LogP contribution in [0, 0.1) is 0 Å². The Bertz CT molecular complexity index is 710. The van der Waals surface area contributed by atoms with Crippen LogP contribution in [0.3, 0.4) is 0 Å². The van der Waals surface area contributed by atoms with Gasteiger partial charge in [0.05, 0.1) is 18.8 Å². The number of halogens is 1. The molecule has 2 fully saturated rings. The molecule has 0 spiro atoms. The Morgan fingerprint density at radius 1 is 1.11 bits per heavy atom. The summed E-state index contributed by atoms with van der Waals surface area (Å²) >= 11 is 7.63. The van der Waals surface area contributed by atoms with Gasteiger partial charge in [-0.1, -0.05) is 35.1 Å². The molecule has 2 saturated heterocycles. The van der Waals surface area contributed by atoms with Crippen molar-refractivity contribution in [1.82, 2.24) is 10.2 Å². The molecule has 3 heterocycles. The van der Waals surface area contributed by atoms with Crippen molar-refractivity contribution in [3.63, 3.8) is 0 Å². The topological polar surface area (TPSA) is 47.5 Å². The lowest BCUT2D eigenvalue weighted by Crippen LogP contribution is -2.38. The fourth-order valence-electron chi connectivity index (χ4n) is 3.62. The summed E-state index contributed by atoms with van der Waals surface area (Å²) in [5.74, 6) is 0. The summed E-state index contributed by atoms with van der Waals surface area (Å²) in [6.07, 6.45) is 7.12. The molecule has 0 aliphatic carbocycles. The highest BCUT2D eigenvalue weighted by atomic mass is 35.5. The molecular weight excluding hydrogens is 382 g/mol. The van der Waals surface area contributed by atoms with Crippen LogP contribution in [-0.4, -0.2) is 48.7 Å². The third-order valence-corrected chi connectivity index (χ3v) is 6.47. The summed E-state index contributed by atoms with van der Waals surface area (Å²) in [5, 5.41) is 11.6. The Hall–Kier alpha value is -1.21. The van der Waals surface area contributed by atoms with Crippen LogP contribution in [0.1, 0.15) is 42.7 Å². The van der Waals surface area contributed by atoms with Gasteiger partial charge in [0.25, 0.3) is 0 Å². The molecule has 0 bridgehead atoms. The number of hydrogen-bond donors (Lipinski definition) is 0. The van der Waals surface area contributed by atoms with Crippen LogP contribution in [0.15, 0.2) is 24.3 Å². The van der Waals surface area contributed by atoms with E-state index in [2.05, 4.69) is 15.1 Å². The maximum Gasteiger partial charge on any atom is 0.208 e. The van der Waals surface area contributed by atoms with Crippen LogP contribution in [0.25, 0.3) is 0 Å². The molecular formula is C20H26ClN3O2S. The van der Waals surface area contributed by atoms with E-state index in [0.29, 0.717) is 12.2 Å². The number of benzene rings is 1. The zero-order valence-corrected chi connectivity index (χ0v) is 17.1. The number of ether oxygens (including phenoxy) is 2. The van der Waals surface area contributed by atoms with Gasteiger partial charge in [-0.15, -0.1) is 10.2 Å². The van der Waals surface area contributed by atoms with Crippen molar-refractivity contribution in [3.05, 3.63) is 39.9 Å². The first kappa shape index (κ1) is 19.1. The molecule has 0 saturated carbocycles. The summed E-state index contributed by atoms with van der Waals surface area (Å²) in [5.41, 5.74) is 1.21. The quantitative estimate of drug-likeness (QED) is 0.712. The average Bonchev–Trinajstić information content (AvgIpc) is 3.18. The van der Waals surface area contributed by atoms with Gasteiger partial charge in [-0.05, 0) is 49.8 Å². The molecule has 1 unspecified atom stereocenters. The highest BCUT2D eigenvalue weighted by molar-refractivity contribution is 7.15. The molecule has 27 heavy (non-hydrogen) atoms. The Balaban J connectivity index is 1.23. The summed E-state index contributed by atoms with van der Waals surface area (Å²) in [6.45, 7) is 3.59. The summed E-state index contributed by atoms with van der Waals surface area (Å²) in [4.78, 5) is 2.33. The number of anilines is 1. The largest absolute Gasteiger partial charge is 0.376 e. The highest BCUT2D eigenvalue weighted by Crippen LogP contribution is 2.26. The fraction of sp³-hybridized carbons (Fsp3) is 0.600. The SMILES string of the molecule is Clc1ccc(Cc2nnc(N3CCC(OCC4CCCCO4)CC3)s2)cc1. The zero-order chi connectivity index (χ0) is 18.5. The zero-order valence-electron chi connectivity index (χ0n) is 15.5. The van der Waals surface area contributed by atoms with Crippen molar-refractivity contribution in [3.8, 4) is 0 Å². The van der Waals surface area contributed by atoms with Gasteiger partial charge in [0.2, 0.25) is 5.13 Å². The Labute approximate surface area is 169 Å². The van der Waals surface area contributed by atoms with Crippen molar-refractivity contribution < 1.29 is 9.47 Å². The Kier molecular flexibility index (Phi) is 6.60. The second-order valence-electron chi connectivity index (χ2n) is 7.29. The van der Waals surface area contributed by atoms with E-state index in [9.17, 15) is 0 Å². The van der Waals surface area contributed by atoms with Crippen molar-refractivity contribution in [2.24, 2.45) is 0 Å². The van der Waals surface area contributed by atoms with Gasteiger partial charge in [0.1, 0.15) is 5.01 Å². The molecule has 1 atom stereocenters. The van der Waals surface area contributed by atoms with Gasteiger partial charge in [-0.25, -0.2) is 0 Å². The smallest absolute Gasteiger partial charge is 0.208 e. The molecule has 2 aliphatic heterocycles. The number of aromatic nitrogens is 2. The van der Waals surface area contributed by atoms with E-state index in [4.69, 9.17) is 21.1 Å². The van der Waals surface area contributed by atoms with E-state index in [1.54, 1.807) is 11.3 Å². The van der Waals surface area contributed by atoms with Crippen molar-refractivity contribution in [1.29, 1.82) is 0 Å². The van der Waals surface area contributed by atoms with E-state index in [0.717, 1.165) is 67.1 Å². The normalized spacial score (nSPS) is 21.5. The predicted molar refractivity (Wildman–Crippen MR) is 109 cm³/mol. The third kappa shape index (κ3) is 5.41. The van der Waals surface area contributed by atoms with Crippen molar-refractivity contribution in [2.45, 2.75) is 50.7 Å². The molecule has 0 N–H and O–H groups in total. The van der Waals surface area contributed by atoms with Crippen LogP contribution in [0.5, 0.6) is 0 Å². The Morgan fingerprint density at radius 3 is 2.67 bits per heavy atom. The standard InChI is InChI=1S/C20H26ClN3O2S/c21-16-6-4-15(5-7-16)13-19-22-23-20(27-19)24-10-8-17(9-11-24)26-14-18-3-1-2-12-25-18/h4-7,17-18H,1-3,8-14H2. The van der Waals surface area contributed by atoms with E-state index < -0.39 is 0 Å². The van der Waals surface area contributed by atoms with E-state index in [1.807, 2.05) is 24.3 Å². The lowest BCUT2D eigenvalue weighted by molar-refractivity contribution is -0.0672. The molecule has 146 valence electrons. The molecule has 0 radical (unpaired) electrons. The summed E-state index contributed by atoms with van der Waals surface area (Å²) < 4.78 is 11.9. The number of nitrogens with zero attached hydrogens (tertiary/aromatic N) is 3. The fourth-order valence-corrected chi connectivity index (χ4v) is 4.67. The minimum atomic E-state index is 0.301. The predicted octanol–water partition coefficient (Wildman–Crippen LogP) is 4.34. The van der Waals surface area contributed by atoms with E-state index >= 15 is 0 Å². The van der Waals surface area contributed by atoms with E-state index in [-0.39, 0.29) is 0 Å². The van der Waals surface area contributed by atoms with Gasteiger partial charge in [-0.3, -0.25) is 0 Å². The van der Waals surface area contributed by atoms with Gasteiger partial charge in [0, 0.05) is 31.1 Å². The van der Waals surface area contributed by atoms with Crippen LogP contribution < -0.4 is 4.90 Å². The van der Waals surface area contributed by atoms with Gasteiger partial charge >= 0.3 is 0 Å². The molecule has 7 heteroatoms. The molecule has 5 nitrogen and oxygen atoms in total.